The highest BCUT2D eigenvalue weighted by molar-refractivity contribution is 4.56. The normalized spacial score (nSPS) is 42.9. The Morgan fingerprint density at radius 2 is 0.923 bits per heavy atom. The van der Waals surface area contributed by atoms with Gasteiger partial charge in [-0.2, -0.15) is 0 Å². The Labute approximate surface area is 103 Å². The summed E-state index contributed by atoms with van der Waals surface area (Å²) in [4.78, 5) is 0. The van der Waals surface area contributed by atoms with Crippen molar-refractivity contribution in [3.8, 4) is 0 Å². The number of halogens is 2. The van der Waals surface area contributed by atoms with Crippen molar-refractivity contribution in [1.29, 1.82) is 0 Å². The van der Waals surface area contributed by atoms with Crippen LogP contribution >= 0.6 is 0 Å². The Hall–Kier alpha value is 0.880. The van der Waals surface area contributed by atoms with E-state index in [1.165, 1.54) is 54.7 Å². The molecule has 0 N–H and O–H groups in total. The molecule has 3 saturated heterocycles. The largest absolute Gasteiger partial charge is 1.00 e. The van der Waals surface area contributed by atoms with Gasteiger partial charge in [0.25, 0.3) is 0 Å². The predicted molar refractivity (Wildman–Crippen MR) is 46.2 cm³/mol. The lowest BCUT2D eigenvalue weighted by atomic mass is 10.2. The molecule has 80 valence electrons. The highest BCUT2D eigenvalue weighted by Crippen LogP contribution is 2.21. The van der Waals surface area contributed by atoms with E-state index in [-0.39, 0.29) is 34.0 Å². The quantitative estimate of drug-likeness (QED) is 0.391. The van der Waals surface area contributed by atoms with Crippen LogP contribution in [0.5, 0.6) is 0 Å². The molecule has 3 heterocycles. The van der Waals surface area contributed by atoms with Crippen molar-refractivity contribution < 1.29 is 42.9 Å². The minimum absolute atomic E-state index is 0. The van der Waals surface area contributed by atoms with E-state index in [0.717, 1.165) is 0 Å². The van der Waals surface area contributed by atoms with Crippen molar-refractivity contribution in [2.24, 2.45) is 0 Å². The first kappa shape index (κ1) is 13.9. The molecule has 2 bridgehead atoms. The van der Waals surface area contributed by atoms with Crippen molar-refractivity contribution in [3.05, 3.63) is 0 Å². The summed E-state index contributed by atoms with van der Waals surface area (Å²) in [5.74, 6) is 0. The van der Waals surface area contributed by atoms with Gasteiger partial charge >= 0.3 is 0 Å². The lowest BCUT2D eigenvalue weighted by Gasteiger charge is -2.41. The van der Waals surface area contributed by atoms with Crippen LogP contribution in [0.25, 0.3) is 0 Å². The molecule has 0 saturated carbocycles. The van der Waals surface area contributed by atoms with Crippen LogP contribution in [-0.4, -0.2) is 62.3 Å². The van der Waals surface area contributed by atoms with Gasteiger partial charge in [-0.15, -0.1) is 0 Å². The molecular weight excluding hydrogens is 296 g/mol. The second-order valence-electron chi connectivity index (χ2n) is 4.93. The van der Waals surface area contributed by atoms with Crippen molar-refractivity contribution in [2.75, 3.05) is 53.4 Å². The van der Waals surface area contributed by atoms with E-state index < -0.39 is 0 Å². The molecule has 3 aliphatic rings. The van der Waals surface area contributed by atoms with Crippen LogP contribution in [0.2, 0.25) is 0 Å². The standard InChI is InChI=1S/C9H20N2.2BrH/c1-10-4-3-5-11(2,8-6-10)9-7-10;;/h3-9H2,1-2H3;2*1H/q+2;;/p-2. The number of hydrogen-bond donors (Lipinski definition) is 0. The third kappa shape index (κ3) is 2.91. The van der Waals surface area contributed by atoms with Gasteiger partial charge < -0.3 is 42.9 Å². The van der Waals surface area contributed by atoms with Gasteiger partial charge in [0.2, 0.25) is 0 Å². The summed E-state index contributed by atoms with van der Waals surface area (Å²) < 4.78 is 2.71. The van der Waals surface area contributed by atoms with Gasteiger partial charge in [-0.3, -0.25) is 0 Å². The fourth-order valence-corrected chi connectivity index (χ4v) is 2.47. The van der Waals surface area contributed by atoms with Crippen LogP contribution in [0.15, 0.2) is 0 Å². The summed E-state index contributed by atoms with van der Waals surface area (Å²) in [5, 5.41) is 0. The monoisotopic (exact) mass is 314 g/mol. The Bertz CT molecular complexity index is 147. The summed E-state index contributed by atoms with van der Waals surface area (Å²) in [6, 6.07) is 0. The van der Waals surface area contributed by atoms with Gasteiger partial charge in [0.15, 0.2) is 0 Å². The molecule has 4 heteroatoms. The SMILES string of the molecule is C[N+]12CCC[N+](C)(CC1)CC2.[Br-].[Br-]. The van der Waals surface area contributed by atoms with E-state index in [2.05, 4.69) is 14.1 Å². The van der Waals surface area contributed by atoms with Crippen LogP contribution < -0.4 is 34.0 Å². The average molecular weight is 316 g/mol. The van der Waals surface area contributed by atoms with Gasteiger partial charge in [-0.1, -0.05) is 0 Å². The Morgan fingerprint density at radius 1 is 0.615 bits per heavy atom. The van der Waals surface area contributed by atoms with Crippen LogP contribution in [0.1, 0.15) is 6.42 Å². The van der Waals surface area contributed by atoms with E-state index in [9.17, 15) is 0 Å². The van der Waals surface area contributed by atoms with E-state index in [4.69, 9.17) is 0 Å². The zero-order chi connectivity index (χ0) is 7.95. The van der Waals surface area contributed by atoms with Crippen molar-refractivity contribution in [2.45, 2.75) is 6.42 Å². The first-order valence-corrected chi connectivity index (χ1v) is 4.79. The molecule has 13 heavy (non-hydrogen) atoms. The molecule has 0 spiro atoms. The van der Waals surface area contributed by atoms with Gasteiger partial charge in [0.1, 0.15) is 26.2 Å². The molecule has 0 unspecified atom stereocenters. The summed E-state index contributed by atoms with van der Waals surface area (Å²) in [6.07, 6.45) is 1.44. The summed E-state index contributed by atoms with van der Waals surface area (Å²) >= 11 is 0. The van der Waals surface area contributed by atoms with Gasteiger partial charge in [0, 0.05) is 6.42 Å². The third-order valence-electron chi connectivity index (χ3n) is 3.76. The van der Waals surface area contributed by atoms with Gasteiger partial charge in [0.05, 0.1) is 27.2 Å². The first-order chi connectivity index (χ1) is 5.12. The number of rotatable bonds is 0. The number of quaternary nitrogens is 2. The van der Waals surface area contributed by atoms with Crippen LogP contribution in [-0.2, 0) is 0 Å². The predicted octanol–water partition coefficient (Wildman–Crippen LogP) is -5.70. The van der Waals surface area contributed by atoms with E-state index in [1.807, 2.05) is 0 Å². The minimum Gasteiger partial charge on any atom is -1.00 e. The molecular formula is C9H20Br2N2. The fraction of sp³-hybridized carbons (Fsp3) is 1.00. The number of likely N-dealkylation sites (N-methyl/N-ethyl adjacent to an activating group) is 2. The molecule has 0 radical (unpaired) electrons. The van der Waals surface area contributed by atoms with E-state index in [1.54, 1.807) is 0 Å². The van der Waals surface area contributed by atoms with Crippen molar-refractivity contribution in [1.82, 2.24) is 0 Å². The molecule has 3 aliphatic heterocycles. The third-order valence-corrected chi connectivity index (χ3v) is 3.76. The maximum Gasteiger partial charge on any atom is 0.128 e. The Morgan fingerprint density at radius 3 is 1.23 bits per heavy atom. The van der Waals surface area contributed by atoms with Crippen molar-refractivity contribution >= 4 is 0 Å². The molecule has 3 rings (SSSR count). The lowest BCUT2D eigenvalue weighted by molar-refractivity contribution is -0.998. The average Bonchev–Trinajstić information content (AvgIpc) is 2.18. The van der Waals surface area contributed by atoms with Crippen LogP contribution in [0.3, 0.4) is 0 Å². The fourth-order valence-electron chi connectivity index (χ4n) is 2.47. The van der Waals surface area contributed by atoms with Crippen LogP contribution in [0.4, 0.5) is 0 Å². The first-order valence-electron chi connectivity index (χ1n) is 4.79. The number of piperazine rings is 1. The second-order valence-corrected chi connectivity index (χ2v) is 4.93. The zero-order valence-corrected chi connectivity index (χ0v) is 11.8. The van der Waals surface area contributed by atoms with Crippen LogP contribution in [0, 0.1) is 0 Å². The number of fused-ring (bicyclic) bond motifs is 4. The highest BCUT2D eigenvalue weighted by Gasteiger charge is 2.40. The molecule has 0 amide bonds. The molecule has 0 aromatic rings. The molecule has 0 aromatic carbocycles. The lowest BCUT2D eigenvalue weighted by Crippen LogP contribution is -3.00. The summed E-state index contributed by atoms with van der Waals surface area (Å²) in [7, 11) is 4.85. The molecule has 2 nitrogen and oxygen atoms in total. The van der Waals surface area contributed by atoms with E-state index >= 15 is 0 Å². The van der Waals surface area contributed by atoms with E-state index in [0.29, 0.717) is 0 Å². The maximum atomic E-state index is 2.43. The number of nitrogens with zero attached hydrogens (tertiary/aromatic N) is 2. The second kappa shape index (κ2) is 4.60. The molecule has 0 atom stereocenters. The molecule has 3 fully saturated rings. The number of hydrogen-bond acceptors (Lipinski definition) is 0. The smallest absolute Gasteiger partial charge is 0.128 e. The highest BCUT2D eigenvalue weighted by atomic mass is 79.9. The summed E-state index contributed by atoms with van der Waals surface area (Å²) in [6.45, 7) is 8.50. The topological polar surface area (TPSA) is 0 Å². The Balaban J connectivity index is 0.000000720. The molecule has 0 aromatic heterocycles. The summed E-state index contributed by atoms with van der Waals surface area (Å²) in [5.41, 5.74) is 0. The minimum atomic E-state index is 0. The zero-order valence-electron chi connectivity index (χ0n) is 8.60. The van der Waals surface area contributed by atoms with Gasteiger partial charge in [-0.05, 0) is 0 Å². The molecule has 0 aliphatic carbocycles. The Kier molecular flexibility index (Phi) is 4.91. The maximum absolute atomic E-state index is 2.43. The van der Waals surface area contributed by atoms with Gasteiger partial charge in [-0.25, -0.2) is 0 Å². The van der Waals surface area contributed by atoms with Crippen molar-refractivity contribution in [3.63, 3.8) is 0 Å².